The van der Waals surface area contributed by atoms with E-state index in [1.165, 1.54) is 0 Å². The molecule has 0 bridgehead atoms. The molecule has 2 heterocycles. The summed E-state index contributed by atoms with van der Waals surface area (Å²) in [6, 6.07) is 7.39. The van der Waals surface area contributed by atoms with E-state index in [1.54, 1.807) is 6.33 Å². The minimum absolute atomic E-state index is 0.0736. The van der Waals surface area contributed by atoms with Crippen LogP contribution in [0.5, 0.6) is 0 Å². The predicted molar refractivity (Wildman–Crippen MR) is 104 cm³/mol. The molecule has 3 aromatic rings. The third kappa shape index (κ3) is 4.12. The van der Waals surface area contributed by atoms with Gasteiger partial charge in [-0.1, -0.05) is 17.7 Å². The lowest BCUT2D eigenvalue weighted by Crippen LogP contribution is -2.34. The average Bonchev–Trinajstić information content (AvgIpc) is 3.02. The number of halogens is 1. The summed E-state index contributed by atoms with van der Waals surface area (Å²) in [6.07, 6.45) is 1.74. The molecule has 1 aromatic carbocycles. The lowest BCUT2D eigenvalue weighted by atomic mass is 10.3. The lowest BCUT2D eigenvalue weighted by molar-refractivity contribution is 0.777. The third-order valence-electron chi connectivity index (χ3n) is 3.62. The van der Waals surface area contributed by atoms with Crippen LogP contribution in [0.15, 0.2) is 30.6 Å². The van der Waals surface area contributed by atoms with Gasteiger partial charge in [0.2, 0.25) is 5.95 Å². The van der Waals surface area contributed by atoms with E-state index < -0.39 is 0 Å². The van der Waals surface area contributed by atoms with Crippen LogP contribution in [0.1, 0.15) is 6.92 Å². The first-order valence-corrected chi connectivity index (χ1v) is 8.52. The van der Waals surface area contributed by atoms with E-state index >= 15 is 0 Å². The second kappa shape index (κ2) is 7.87. The van der Waals surface area contributed by atoms with Gasteiger partial charge in [-0.05, 0) is 25.1 Å². The van der Waals surface area contributed by atoms with Gasteiger partial charge in [0.05, 0.1) is 6.33 Å². The largest absolute Gasteiger partial charge is 0.370 e. The first kappa shape index (κ1) is 17.7. The molecule has 9 nitrogen and oxygen atoms in total. The molecule has 0 unspecified atom stereocenters. The first-order valence-electron chi connectivity index (χ1n) is 8.14. The number of fused-ring (bicyclic) bond motifs is 1. The van der Waals surface area contributed by atoms with E-state index in [0.29, 0.717) is 35.4 Å². The number of aromatic nitrogens is 4. The monoisotopic (exact) mass is 373 g/mol. The number of hydrogen-bond donors (Lipinski definition) is 5. The molecule has 0 aliphatic carbocycles. The van der Waals surface area contributed by atoms with Gasteiger partial charge < -0.3 is 26.3 Å². The standard InChI is InChI=1S/C16H20ClN9/c1-2-26-9-22-12-13(23-11-5-3-4-10(17)8-11)24-16(25-14(12)26)21-7-6-20-15(18)19/h3-5,8-9H,2,6-7H2,1H3,(H4,18,19,20)(H2,21,23,24,25). The molecule has 0 fully saturated rings. The minimum Gasteiger partial charge on any atom is -0.370 e. The third-order valence-corrected chi connectivity index (χ3v) is 3.85. The van der Waals surface area contributed by atoms with Gasteiger partial charge in [-0.25, -0.2) is 4.98 Å². The average molecular weight is 374 g/mol. The Morgan fingerprint density at radius 2 is 2.15 bits per heavy atom. The van der Waals surface area contributed by atoms with Crippen LogP contribution in [-0.2, 0) is 6.54 Å². The molecule has 6 N–H and O–H groups in total. The van der Waals surface area contributed by atoms with Crippen LogP contribution >= 0.6 is 11.6 Å². The molecule has 0 amide bonds. The number of nitrogens with two attached hydrogens (primary N) is 1. The highest BCUT2D eigenvalue weighted by Gasteiger charge is 2.13. The summed E-state index contributed by atoms with van der Waals surface area (Å²) in [7, 11) is 0. The van der Waals surface area contributed by atoms with Crippen LogP contribution in [0.2, 0.25) is 5.02 Å². The summed E-state index contributed by atoms with van der Waals surface area (Å²) in [5.74, 6) is 0.976. The van der Waals surface area contributed by atoms with Gasteiger partial charge in [-0.3, -0.25) is 5.41 Å². The molecule has 0 saturated heterocycles. The fourth-order valence-corrected chi connectivity index (χ4v) is 2.61. The lowest BCUT2D eigenvalue weighted by Gasteiger charge is -2.11. The zero-order valence-corrected chi connectivity index (χ0v) is 15.0. The van der Waals surface area contributed by atoms with Crippen molar-refractivity contribution in [1.82, 2.24) is 24.8 Å². The zero-order valence-electron chi connectivity index (χ0n) is 14.3. The van der Waals surface area contributed by atoms with Crippen molar-refractivity contribution < 1.29 is 0 Å². The van der Waals surface area contributed by atoms with E-state index in [0.717, 1.165) is 17.9 Å². The minimum atomic E-state index is -0.0736. The molecule has 136 valence electrons. The van der Waals surface area contributed by atoms with Gasteiger partial charge in [-0.15, -0.1) is 0 Å². The number of imidazole rings is 1. The first-order chi connectivity index (χ1) is 12.6. The highest BCUT2D eigenvalue weighted by Crippen LogP contribution is 2.25. The van der Waals surface area contributed by atoms with Gasteiger partial charge in [0.15, 0.2) is 22.9 Å². The number of hydrogen-bond acceptors (Lipinski definition) is 6. The molecule has 0 saturated carbocycles. The summed E-state index contributed by atoms with van der Waals surface area (Å²) in [4.78, 5) is 13.5. The smallest absolute Gasteiger partial charge is 0.226 e. The zero-order chi connectivity index (χ0) is 18.5. The number of anilines is 3. The summed E-state index contributed by atoms with van der Waals surface area (Å²) in [5, 5.41) is 16.9. The van der Waals surface area contributed by atoms with Crippen LogP contribution in [-0.4, -0.2) is 38.6 Å². The Kier molecular flexibility index (Phi) is 5.37. The molecule has 26 heavy (non-hydrogen) atoms. The maximum atomic E-state index is 7.17. The van der Waals surface area contributed by atoms with Gasteiger partial charge in [0, 0.05) is 30.3 Å². The van der Waals surface area contributed by atoms with Crippen LogP contribution in [0.4, 0.5) is 17.5 Å². The van der Waals surface area contributed by atoms with Crippen molar-refractivity contribution in [2.75, 3.05) is 23.7 Å². The summed E-state index contributed by atoms with van der Waals surface area (Å²) < 4.78 is 1.94. The Bertz CT molecular complexity index is 921. The predicted octanol–water partition coefficient (Wildman–Crippen LogP) is 2.14. The Hall–Kier alpha value is -3.07. The topological polar surface area (TPSA) is 130 Å². The number of nitrogens with one attached hydrogen (secondary N) is 4. The van der Waals surface area contributed by atoms with Gasteiger partial charge in [0.25, 0.3) is 0 Å². The molecule has 10 heteroatoms. The van der Waals surface area contributed by atoms with Gasteiger partial charge in [0.1, 0.15) is 0 Å². The van der Waals surface area contributed by atoms with Crippen LogP contribution in [0.3, 0.4) is 0 Å². The van der Waals surface area contributed by atoms with E-state index in [-0.39, 0.29) is 5.96 Å². The number of guanidine groups is 1. The Morgan fingerprint density at radius 3 is 2.88 bits per heavy atom. The van der Waals surface area contributed by atoms with Crippen molar-refractivity contribution in [2.45, 2.75) is 13.5 Å². The molecule has 0 aliphatic heterocycles. The number of rotatable bonds is 7. The van der Waals surface area contributed by atoms with Crippen LogP contribution in [0, 0.1) is 5.41 Å². The van der Waals surface area contributed by atoms with Crippen molar-refractivity contribution in [2.24, 2.45) is 5.73 Å². The van der Waals surface area contributed by atoms with E-state index in [9.17, 15) is 0 Å². The second-order valence-corrected chi connectivity index (χ2v) is 5.94. The summed E-state index contributed by atoms with van der Waals surface area (Å²) in [6.45, 7) is 3.77. The summed E-state index contributed by atoms with van der Waals surface area (Å²) in [5.41, 5.74) is 7.50. The highest BCUT2D eigenvalue weighted by molar-refractivity contribution is 6.30. The highest BCUT2D eigenvalue weighted by atomic mass is 35.5. The molecule has 0 radical (unpaired) electrons. The molecule has 3 rings (SSSR count). The fourth-order valence-electron chi connectivity index (χ4n) is 2.42. The Balaban J connectivity index is 1.89. The van der Waals surface area contributed by atoms with Crippen LogP contribution in [0.25, 0.3) is 11.2 Å². The molecule has 0 spiro atoms. The van der Waals surface area contributed by atoms with Crippen molar-refractivity contribution >= 4 is 46.2 Å². The van der Waals surface area contributed by atoms with Gasteiger partial charge in [-0.2, -0.15) is 9.97 Å². The quantitative estimate of drug-likeness (QED) is 0.243. The van der Waals surface area contributed by atoms with Crippen molar-refractivity contribution in [1.29, 1.82) is 5.41 Å². The fraction of sp³-hybridized carbons (Fsp3) is 0.250. The molecule has 0 aliphatic rings. The van der Waals surface area contributed by atoms with Crippen molar-refractivity contribution in [3.05, 3.63) is 35.6 Å². The maximum Gasteiger partial charge on any atom is 0.226 e. The Morgan fingerprint density at radius 1 is 1.31 bits per heavy atom. The normalized spacial score (nSPS) is 10.7. The van der Waals surface area contributed by atoms with E-state index in [4.69, 9.17) is 22.7 Å². The van der Waals surface area contributed by atoms with Crippen molar-refractivity contribution in [3.8, 4) is 0 Å². The number of nitrogens with zero attached hydrogens (tertiary/aromatic N) is 4. The number of aryl methyl sites for hydroxylation is 1. The molecular formula is C16H20ClN9. The summed E-state index contributed by atoms with van der Waals surface area (Å²) >= 11 is 6.06. The van der Waals surface area contributed by atoms with E-state index in [1.807, 2.05) is 35.8 Å². The Labute approximate surface area is 155 Å². The van der Waals surface area contributed by atoms with Crippen molar-refractivity contribution in [3.63, 3.8) is 0 Å². The molecule has 0 atom stereocenters. The second-order valence-electron chi connectivity index (χ2n) is 5.50. The molecule has 2 aromatic heterocycles. The van der Waals surface area contributed by atoms with E-state index in [2.05, 4.69) is 30.9 Å². The van der Waals surface area contributed by atoms with Crippen LogP contribution < -0.4 is 21.7 Å². The number of benzene rings is 1. The SMILES string of the molecule is CCn1cnc2c(Nc3cccc(Cl)c3)nc(NCCNC(=N)N)nc21. The van der Waals surface area contributed by atoms with Gasteiger partial charge >= 0.3 is 0 Å². The molecular weight excluding hydrogens is 354 g/mol. The maximum absolute atomic E-state index is 7.17.